The molecule has 27 heavy (non-hydrogen) atoms. The Morgan fingerprint density at radius 3 is 2.56 bits per heavy atom. The summed E-state index contributed by atoms with van der Waals surface area (Å²) in [7, 11) is 1.63. The van der Waals surface area contributed by atoms with Gasteiger partial charge >= 0.3 is 0 Å². The predicted molar refractivity (Wildman–Crippen MR) is 104 cm³/mol. The molecule has 1 unspecified atom stereocenters. The van der Waals surface area contributed by atoms with Crippen molar-refractivity contribution in [3.63, 3.8) is 0 Å². The van der Waals surface area contributed by atoms with Gasteiger partial charge in [0.15, 0.2) is 0 Å². The Bertz CT molecular complexity index is 763. The molecule has 1 atom stereocenters. The van der Waals surface area contributed by atoms with Crippen LogP contribution in [0.2, 0.25) is 0 Å². The molecule has 1 N–H and O–H groups in total. The fourth-order valence-electron chi connectivity index (χ4n) is 3.30. The Balaban J connectivity index is 1.69. The van der Waals surface area contributed by atoms with Crippen molar-refractivity contribution in [3.05, 3.63) is 54.1 Å². The van der Waals surface area contributed by atoms with Crippen LogP contribution >= 0.6 is 0 Å². The lowest BCUT2D eigenvalue weighted by Crippen LogP contribution is -2.55. The van der Waals surface area contributed by atoms with Crippen LogP contribution in [0.1, 0.15) is 12.5 Å². The Hall–Kier alpha value is -2.57. The summed E-state index contributed by atoms with van der Waals surface area (Å²) in [5.74, 6) is 1.61. The number of carbonyl (C=O) groups excluding carboxylic acids is 1. The number of amides is 1. The Morgan fingerprint density at radius 1 is 1.11 bits per heavy atom. The van der Waals surface area contributed by atoms with Gasteiger partial charge in [-0.1, -0.05) is 18.2 Å². The number of para-hydroxylation sites is 1. The van der Waals surface area contributed by atoms with Crippen LogP contribution in [0.5, 0.6) is 11.5 Å². The first-order chi connectivity index (χ1) is 13.1. The van der Waals surface area contributed by atoms with Crippen molar-refractivity contribution in [1.29, 1.82) is 0 Å². The standard InChI is InChI=1S/C21H26N2O4/c1-16-21(25)23(18-7-9-19(26-2)10-8-18)12-11-22(16)15-17-5-3-4-6-20(17)27-14-13-24/h3-10,16,24H,11-15H2,1-2H3. The smallest absolute Gasteiger partial charge is 0.244 e. The van der Waals surface area contributed by atoms with Crippen LogP contribution in [-0.4, -0.2) is 55.4 Å². The lowest BCUT2D eigenvalue weighted by molar-refractivity contribution is -0.125. The first kappa shape index (κ1) is 19.2. The van der Waals surface area contributed by atoms with Crippen molar-refractivity contribution in [1.82, 2.24) is 4.90 Å². The molecule has 0 bridgehead atoms. The minimum atomic E-state index is -0.230. The average Bonchev–Trinajstić information content (AvgIpc) is 2.71. The number of aliphatic hydroxyl groups excluding tert-OH is 1. The van der Waals surface area contributed by atoms with Gasteiger partial charge in [0.2, 0.25) is 5.91 Å². The largest absolute Gasteiger partial charge is 0.497 e. The van der Waals surface area contributed by atoms with Crippen LogP contribution in [-0.2, 0) is 11.3 Å². The second-order valence-corrected chi connectivity index (χ2v) is 6.51. The normalized spacial score (nSPS) is 17.8. The summed E-state index contributed by atoms with van der Waals surface area (Å²) in [4.78, 5) is 16.9. The van der Waals surface area contributed by atoms with Crippen molar-refractivity contribution < 1.29 is 19.4 Å². The van der Waals surface area contributed by atoms with E-state index in [0.717, 1.165) is 29.3 Å². The van der Waals surface area contributed by atoms with Crippen molar-refractivity contribution in [3.8, 4) is 11.5 Å². The molecule has 1 heterocycles. The summed E-state index contributed by atoms with van der Waals surface area (Å²) in [6.07, 6.45) is 0. The zero-order chi connectivity index (χ0) is 19.2. The van der Waals surface area contributed by atoms with Gasteiger partial charge < -0.3 is 19.5 Å². The molecule has 1 amide bonds. The van der Waals surface area contributed by atoms with Crippen LogP contribution in [0, 0.1) is 0 Å². The summed E-state index contributed by atoms with van der Waals surface area (Å²) < 4.78 is 10.8. The van der Waals surface area contributed by atoms with Crippen LogP contribution in [0.3, 0.4) is 0 Å². The van der Waals surface area contributed by atoms with Gasteiger partial charge in [0, 0.05) is 30.9 Å². The number of hydrogen-bond acceptors (Lipinski definition) is 5. The molecule has 6 nitrogen and oxygen atoms in total. The fraction of sp³-hybridized carbons (Fsp3) is 0.381. The molecule has 1 fully saturated rings. The van der Waals surface area contributed by atoms with Crippen molar-refractivity contribution in [2.45, 2.75) is 19.5 Å². The number of nitrogens with zero attached hydrogens (tertiary/aromatic N) is 2. The predicted octanol–water partition coefficient (Wildman–Crippen LogP) is 2.30. The van der Waals surface area contributed by atoms with E-state index in [1.54, 1.807) is 7.11 Å². The highest BCUT2D eigenvalue weighted by Gasteiger charge is 2.32. The first-order valence-corrected chi connectivity index (χ1v) is 9.15. The number of piperazine rings is 1. The van der Waals surface area contributed by atoms with Gasteiger partial charge in [-0.3, -0.25) is 9.69 Å². The minimum Gasteiger partial charge on any atom is -0.497 e. The van der Waals surface area contributed by atoms with Crippen LogP contribution < -0.4 is 14.4 Å². The molecular weight excluding hydrogens is 344 g/mol. The van der Waals surface area contributed by atoms with Crippen LogP contribution in [0.15, 0.2) is 48.5 Å². The highest BCUT2D eigenvalue weighted by molar-refractivity contribution is 5.97. The summed E-state index contributed by atoms with van der Waals surface area (Å²) in [5.41, 5.74) is 1.91. The fourth-order valence-corrected chi connectivity index (χ4v) is 3.30. The lowest BCUT2D eigenvalue weighted by Gasteiger charge is -2.39. The first-order valence-electron chi connectivity index (χ1n) is 9.15. The van der Waals surface area contributed by atoms with Gasteiger partial charge in [-0.15, -0.1) is 0 Å². The third-order valence-corrected chi connectivity index (χ3v) is 4.86. The molecular formula is C21H26N2O4. The Labute approximate surface area is 159 Å². The van der Waals surface area contributed by atoms with E-state index in [2.05, 4.69) is 4.90 Å². The lowest BCUT2D eigenvalue weighted by atomic mass is 10.1. The maximum atomic E-state index is 12.9. The third-order valence-electron chi connectivity index (χ3n) is 4.86. The van der Waals surface area contributed by atoms with Gasteiger partial charge in [0.05, 0.1) is 19.8 Å². The molecule has 1 saturated heterocycles. The van der Waals surface area contributed by atoms with Gasteiger partial charge in [0.25, 0.3) is 0 Å². The maximum Gasteiger partial charge on any atom is 0.244 e. The summed E-state index contributed by atoms with van der Waals surface area (Å²) in [6.45, 7) is 4.21. The summed E-state index contributed by atoms with van der Waals surface area (Å²) >= 11 is 0. The van der Waals surface area contributed by atoms with E-state index >= 15 is 0 Å². The minimum absolute atomic E-state index is 0.0240. The second kappa shape index (κ2) is 8.88. The van der Waals surface area contributed by atoms with Gasteiger partial charge in [-0.25, -0.2) is 0 Å². The highest BCUT2D eigenvalue weighted by Crippen LogP contribution is 2.26. The maximum absolute atomic E-state index is 12.9. The molecule has 3 rings (SSSR count). The molecule has 0 aromatic heterocycles. The van der Waals surface area contributed by atoms with Gasteiger partial charge in [0.1, 0.15) is 18.1 Å². The summed E-state index contributed by atoms with van der Waals surface area (Å²) in [5, 5.41) is 8.99. The quantitative estimate of drug-likeness (QED) is 0.810. The van der Waals surface area contributed by atoms with E-state index < -0.39 is 0 Å². The molecule has 2 aromatic carbocycles. The molecule has 0 aliphatic carbocycles. The second-order valence-electron chi connectivity index (χ2n) is 6.51. The molecule has 6 heteroatoms. The molecule has 144 valence electrons. The Morgan fingerprint density at radius 2 is 1.85 bits per heavy atom. The third kappa shape index (κ3) is 4.40. The number of carbonyl (C=O) groups is 1. The van der Waals surface area contributed by atoms with Crippen LogP contribution in [0.4, 0.5) is 5.69 Å². The number of ether oxygens (including phenoxy) is 2. The number of benzene rings is 2. The monoisotopic (exact) mass is 370 g/mol. The topological polar surface area (TPSA) is 62.2 Å². The molecule has 0 spiro atoms. The SMILES string of the molecule is COc1ccc(N2CCN(Cc3ccccc3OCCO)C(C)C2=O)cc1. The zero-order valence-electron chi connectivity index (χ0n) is 15.8. The number of hydrogen-bond donors (Lipinski definition) is 1. The van der Waals surface area contributed by atoms with Crippen LogP contribution in [0.25, 0.3) is 0 Å². The van der Waals surface area contributed by atoms with Gasteiger partial charge in [-0.05, 0) is 37.3 Å². The highest BCUT2D eigenvalue weighted by atomic mass is 16.5. The van der Waals surface area contributed by atoms with Crippen molar-refractivity contribution in [2.24, 2.45) is 0 Å². The van der Waals surface area contributed by atoms with E-state index in [9.17, 15) is 4.79 Å². The van der Waals surface area contributed by atoms with E-state index in [-0.39, 0.29) is 25.2 Å². The van der Waals surface area contributed by atoms with E-state index in [1.165, 1.54) is 0 Å². The molecule has 1 aliphatic heterocycles. The number of aliphatic hydroxyl groups is 1. The molecule has 1 aliphatic rings. The molecule has 0 saturated carbocycles. The number of rotatable bonds is 7. The van der Waals surface area contributed by atoms with Crippen molar-refractivity contribution >= 4 is 11.6 Å². The Kier molecular flexibility index (Phi) is 6.32. The van der Waals surface area contributed by atoms with Crippen molar-refractivity contribution in [2.75, 3.05) is 38.3 Å². The number of anilines is 1. The van der Waals surface area contributed by atoms with E-state index in [1.807, 2.05) is 60.4 Å². The van der Waals surface area contributed by atoms with E-state index in [4.69, 9.17) is 14.6 Å². The summed E-state index contributed by atoms with van der Waals surface area (Å²) in [6, 6.07) is 15.1. The molecule has 2 aromatic rings. The average molecular weight is 370 g/mol. The zero-order valence-corrected chi connectivity index (χ0v) is 15.8. The number of methoxy groups -OCH3 is 1. The van der Waals surface area contributed by atoms with Gasteiger partial charge in [-0.2, -0.15) is 0 Å². The van der Waals surface area contributed by atoms with E-state index in [0.29, 0.717) is 13.1 Å². The molecule has 0 radical (unpaired) electrons.